The number of hydrogen-bond donors (Lipinski definition) is 4. The molecule has 1 saturated heterocycles. The SMILES string of the molecule is Nc1ccc(CNC(=O)C[C@@H]2CCCN2C(=O)[C@@H](CC2CCCCC2)NCC(=O)O)cc1. The van der Waals surface area contributed by atoms with Crippen molar-refractivity contribution in [1.82, 2.24) is 15.5 Å². The molecule has 32 heavy (non-hydrogen) atoms. The van der Waals surface area contributed by atoms with Gasteiger partial charge in [0.2, 0.25) is 11.8 Å². The van der Waals surface area contributed by atoms with Gasteiger partial charge in [0.15, 0.2) is 0 Å². The highest BCUT2D eigenvalue weighted by molar-refractivity contribution is 5.84. The van der Waals surface area contributed by atoms with E-state index >= 15 is 0 Å². The van der Waals surface area contributed by atoms with Crippen LogP contribution < -0.4 is 16.4 Å². The maximum Gasteiger partial charge on any atom is 0.317 e. The first kappa shape index (κ1) is 24.0. The number of carboxylic acids is 1. The Kier molecular flexibility index (Phi) is 8.90. The average Bonchev–Trinajstić information content (AvgIpc) is 3.24. The summed E-state index contributed by atoms with van der Waals surface area (Å²) in [5.41, 5.74) is 7.34. The molecule has 0 aromatic heterocycles. The van der Waals surface area contributed by atoms with E-state index in [1.54, 1.807) is 17.0 Å². The molecule has 5 N–H and O–H groups in total. The number of nitrogens with one attached hydrogen (secondary N) is 2. The third kappa shape index (κ3) is 7.22. The standard InChI is InChI=1S/C24H36N4O4/c25-19-10-8-18(9-11-19)15-27-22(29)14-20-7-4-12-28(20)24(32)21(26-16-23(30)31)13-17-5-2-1-3-6-17/h8-11,17,20-21,26H,1-7,12-16,25H2,(H,27,29)(H,30,31)/t20-,21+/m0/s1. The monoisotopic (exact) mass is 444 g/mol. The summed E-state index contributed by atoms with van der Waals surface area (Å²) in [7, 11) is 0. The second-order valence-electron chi connectivity index (χ2n) is 9.12. The maximum atomic E-state index is 13.4. The number of aliphatic carboxylic acids is 1. The molecule has 0 unspecified atom stereocenters. The Bertz CT molecular complexity index is 777. The minimum Gasteiger partial charge on any atom is -0.480 e. The molecule has 1 aliphatic carbocycles. The number of amides is 2. The molecule has 1 saturated carbocycles. The Morgan fingerprint density at radius 3 is 2.47 bits per heavy atom. The number of benzene rings is 1. The first-order chi connectivity index (χ1) is 15.4. The van der Waals surface area contributed by atoms with Gasteiger partial charge < -0.3 is 21.1 Å². The molecule has 2 amide bonds. The van der Waals surface area contributed by atoms with Gasteiger partial charge >= 0.3 is 5.97 Å². The van der Waals surface area contributed by atoms with Crippen molar-refractivity contribution in [1.29, 1.82) is 0 Å². The van der Waals surface area contributed by atoms with E-state index in [4.69, 9.17) is 10.8 Å². The predicted molar refractivity (Wildman–Crippen MR) is 123 cm³/mol. The number of carbonyl (C=O) groups is 3. The normalized spacial score (nSPS) is 20.1. The van der Waals surface area contributed by atoms with E-state index in [0.29, 0.717) is 31.1 Å². The Labute approximate surface area is 189 Å². The van der Waals surface area contributed by atoms with E-state index in [1.165, 1.54) is 19.3 Å². The highest BCUT2D eigenvalue weighted by Gasteiger charge is 2.35. The molecule has 0 bridgehead atoms. The molecule has 2 fully saturated rings. The van der Waals surface area contributed by atoms with Gasteiger partial charge in [0, 0.05) is 31.2 Å². The molecular weight excluding hydrogens is 408 g/mol. The molecule has 0 radical (unpaired) electrons. The Balaban J connectivity index is 1.56. The lowest BCUT2D eigenvalue weighted by Crippen LogP contribution is -2.51. The number of anilines is 1. The highest BCUT2D eigenvalue weighted by atomic mass is 16.4. The zero-order valence-electron chi connectivity index (χ0n) is 18.7. The zero-order chi connectivity index (χ0) is 22.9. The fourth-order valence-electron chi connectivity index (χ4n) is 4.90. The summed E-state index contributed by atoms with van der Waals surface area (Å²) >= 11 is 0. The average molecular weight is 445 g/mol. The van der Waals surface area contributed by atoms with Crippen LogP contribution in [0.15, 0.2) is 24.3 Å². The van der Waals surface area contributed by atoms with Gasteiger partial charge in [0.05, 0.1) is 12.6 Å². The highest BCUT2D eigenvalue weighted by Crippen LogP contribution is 2.29. The molecular formula is C24H36N4O4. The fourth-order valence-corrected chi connectivity index (χ4v) is 4.90. The van der Waals surface area contributed by atoms with Gasteiger partial charge in [-0.15, -0.1) is 0 Å². The van der Waals surface area contributed by atoms with Crippen molar-refractivity contribution in [2.24, 2.45) is 5.92 Å². The summed E-state index contributed by atoms with van der Waals surface area (Å²) in [4.78, 5) is 38.8. The molecule has 0 spiro atoms. The van der Waals surface area contributed by atoms with Gasteiger partial charge in [-0.05, 0) is 42.9 Å². The van der Waals surface area contributed by atoms with Crippen molar-refractivity contribution in [3.8, 4) is 0 Å². The molecule has 1 aromatic carbocycles. The van der Waals surface area contributed by atoms with Gasteiger partial charge in [-0.2, -0.15) is 0 Å². The van der Waals surface area contributed by atoms with Gasteiger partial charge in [-0.25, -0.2) is 0 Å². The lowest BCUT2D eigenvalue weighted by Gasteiger charge is -2.32. The van der Waals surface area contributed by atoms with E-state index in [0.717, 1.165) is 31.2 Å². The van der Waals surface area contributed by atoms with Crippen LogP contribution in [0.1, 0.15) is 63.4 Å². The van der Waals surface area contributed by atoms with Gasteiger partial charge in [0.1, 0.15) is 0 Å². The van der Waals surface area contributed by atoms with Crippen LogP contribution >= 0.6 is 0 Å². The predicted octanol–water partition coefficient (Wildman–Crippen LogP) is 2.28. The van der Waals surface area contributed by atoms with E-state index in [2.05, 4.69) is 10.6 Å². The van der Waals surface area contributed by atoms with Crippen LogP contribution in [0, 0.1) is 5.92 Å². The lowest BCUT2D eigenvalue weighted by atomic mass is 9.84. The maximum absolute atomic E-state index is 13.4. The first-order valence-electron chi connectivity index (χ1n) is 11.8. The van der Waals surface area contributed by atoms with E-state index in [-0.39, 0.29) is 30.8 Å². The van der Waals surface area contributed by atoms with Gasteiger partial charge in [-0.1, -0.05) is 44.2 Å². The zero-order valence-corrected chi connectivity index (χ0v) is 18.7. The lowest BCUT2D eigenvalue weighted by molar-refractivity contribution is -0.137. The number of hydrogen-bond acceptors (Lipinski definition) is 5. The number of rotatable bonds is 10. The summed E-state index contributed by atoms with van der Waals surface area (Å²) < 4.78 is 0. The largest absolute Gasteiger partial charge is 0.480 e. The van der Waals surface area contributed by atoms with Crippen LogP contribution in [-0.2, 0) is 20.9 Å². The number of nitrogens with two attached hydrogens (primary N) is 1. The summed E-state index contributed by atoms with van der Waals surface area (Å²) in [5, 5.41) is 15.0. The van der Waals surface area contributed by atoms with Crippen LogP contribution in [0.5, 0.6) is 0 Å². The Morgan fingerprint density at radius 1 is 1.06 bits per heavy atom. The molecule has 1 heterocycles. The second kappa shape index (κ2) is 11.9. The molecule has 1 aromatic rings. The molecule has 8 nitrogen and oxygen atoms in total. The van der Waals surface area contributed by atoms with E-state index in [1.807, 2.05) is 12.1 Å². The van der Waals surface area contributed by atoms with Crippen LogP contribution in [0.2, 0.25) is 0 Å². The van der Waals surface area contributed by atoms with Crippen LogP contribution in [0.3, 0.4) is 0 Å². The van der Waals surface area contributed by atoms with Crippen molar-refractivity contribution >= 4 is 23.5 Å². The number of nitrogens with zero attached hydrogens (tertiary/aromatic N) is 1. The third-order valence-corrected chi connectivity index (χ3v) is 6.64. The van der Waals surface area contributed by atoms with Crippen molar-refractivity contribution in [2.75, 3.05) is 18.8 Å². The first-order valence-corrected chi connectivity index (χ1v) is 11.8. The minimum atomic E-state index is -0.966. The number of likely N-dealkylation sites (tertiary alicyclic amines) is 1. The van der Waals surface area contributed by atoms with Crippen molar-refractivity contribution < 1.29 is 19.5 Å². The van der Waals surface area contributed by atoms with Crippen molar-refractivity contribution in [2.45, 2.75) is 76.4 Å². The third-order valence-electron chi connectivity index (χ3n) is 6.64. The number of carboxylic acid groups (broad SMARTS) is 1. The smallest absolute Gasteiger partial charge is 0.317 e. The molecule has 1 aliphatic heterocycles. The van der Waals surface area contributed by atoms with Crippen LogP contribution in [0.4, 0.5) is 5.69 Å². The van der Waals surface area contributed by atoms with Gasteiger partial charge in [0.25, 0.3) is 0 Å². The van der Waals surface area contributed by atoms with Crippen molar-refractivity contribution in [3.63, 3.8) is 0 Å². The quantitative estimate of drug-likeness (QED) is 0.410. The number of carbonyl (C=O) groups excluding carboxylic acids is 2. The second-order valence-corrected chi connectivity index (χ2v) is 9.12. The fraction of sp³-hybridized carbons (Fsp3) is 0.625. The summed E-state index contributed by atoms with van der Waals surface area (Å²) in [6, 6.07) is 6.71. The Morgan fingerprint density at radius 2 is 1.78 bits per heavy atom. The molecule has 8 heteroatoms. The molecule has 2 aliphatic rings. The summed E-state index contributed by atoms with van der Waals surface area (Å²) in [6.07, 6.45) is 8.33. The van der Waals surface area contributed by atoms with Crippen LogP contribution in [0.25, 0.3) is 0 Å². The molecule has 176 valence electrons. The topological polar surface area (TPSA) is 125 Å². The molecule has 3 rings (SSSR count). The summed E-state index contributed by atoms with van der Waals surface area (Å²) in [6.45, 7) is 0.804. The van der Waals surface area contributed by atoms with Crippen molar-refractivity contribution in [3.05, 3.63) is 29.8 Å². The number of nitrogen functional groups attached to an aromatic ring is 1. The Hall–Kier alpha value is -2.61. The van der Waals surface area contributed by atoms with E-state index < -0.39 is 12.0 Å². The molecule has 2 atom stereocenters. The van der Waals surface area contributed by atoms with Gasteiger partial charge in [-0.3, -0.25) is 19.7 Å². The van der Waals surface area contributed by atoms with Crippen LogP contribution in [-0.4, -0.2) is 53.0 Å². The minimum absolute atomic E-state index is 0.0642. The van der Waals surface area contributed by atoms with E-state index in [9.17, 15) is 14.4 Å². The summed E-state index contributed by atoms with van der Waals surface area (Å²) in [5.74, 6) is -0.672.